The fraction of sp³-hybridized carbons (Fsp3) is 0.0476. The molecule has 0 aliphatic carbocycles. The lowest BCUT2D eigenvalue weighted by Gasteiger charge is -2.04. The van der Waals surface area contributed by atoms with Crippen molar-refractivity contribution in [2.24, 2.45) is 0 Å². The Labute approximate surface area is 167 Å². The highest BCUT2D eigenvalue weighted by Gasteiger charge is 2.10. The maximum atomic E-state index is 11.7. The van der Waals surface area contributed by atoms with Crippen LogP contribution in [-0.4, -0.2) is 37.8 Å². The van der Waals surface area contributed by atoms with E-state index in [0.29, 0.717) is 11.5 Å². The van der Waals surface area contributed by atoms with E-state index in [2.05, 4.69) is 37.0 Å². The summed E-state index contributed by atoms with van der Waals surface area (Å²) in [4.78, 5) is 16.2. The average molecular weight is 385 g/mol. The van der Waals surface area contributed by atoms with Crippen molar-refractivity contribution in [1.82, 2.24) is 30.1 Å². The fourth-order valence-electron chi connectivity index (χ4n) is 3.26. The highest BCUT2D eigenvalue weighted by Crippen LogP contribution is 2.25. The van der Waals surface area contributed by atoms with Crippen LogP contribution in [0.15, 0.2) is 66.9 Å². The van der Waals surface area contributed by atoms with E-state index >= 15 is 0 Å². The first-order valence-electron chi connectivity index (χ1n) is 9.10. The Hall–Kier alpha value is -4.20. The van der Waals surface area contributed by atoms with Crippen molar-refractivity contribution in [3.63, 3.8) is 0 Å². The summed E-state index contributed by atoms with van der Waals surface area (Å²) >= 11 is 0. The number of carbonyl (C=O) groups excluding carboxylic acids is 1. The predicted octanol–water partition coefficient (Wildman–Crippen LogP) is 3.62. The van der Waals surface area contributed by atoms with E-state index in [9.17, 15) is 4.79 Å². The molecule has 0 bridgehead atoms. The molecule has 144 valence electrons. The van der Waals surface area contributed by atoms with E-state index < -0.39 is 0 Å². The quantitative estimate of drug-likeness (QED) is 0.439. The number of rotatable bonds is 4. The number of aromatic amines is 1. The van der Waals surface area contributed by atoms with Crippen LogP contribution in [-0.2, 0) is 0 Å². The standard InChI is InChI=1S/C21H17N7O.H2/c1-22-20(29)13-5-8-16(9-6-13)24-21-25-19-4-2-3-18(28(19)27-21)14-7-10-17-15(11-14)12-23-26-17;/h2-12H,1H3,(H,22,29)(H,23,26)(H,24,27);1H. The lowest BCUT2D eigenvalue weighted by Crippen LogP contribution is -2.17. The Morgan fingerprint density at radius 2 is 1.97 bits per heavy atom. The highest BCUT2D eigenvalue weighted by molar-refractivity contribution is 5.94. The molecule has 5 rings (SSSR count). The Morgan fingerprint density at radius 1 is 1.10 bits per heavy atom. The molecule has 2 aromatic carbocycles. The number of anilines is 2. The maximum Gasteiger partial charge on any atom is 0.251 e. The third-order valence-electron chi connectivity index (χ3n) is 4.73. The molecule has 0 saturated carbocycles. The van der Waals surface area contributed by atoms with Crippen LogP contribution in [0.3, 0.4) is 0 Å². The third kappa shape index (κ3) is 3.06. The summed E-state index contributed by atoms with van der Waals surface area (Å²) in [7, 11) is 1.61. The molecule has 3 aromatic heterocycles. The first-order valence-corrected chi connectivity index (χ1v) is 9.10. The second kappa shape index (κ2) is 6.75. The second-order valence-electron chi connectivity index (χ2n) is 6.57. The Kier molecular flexibility index (Phi) is 3.94. The summed E-state index contributed by atoms with van der Waals surface area (Å²) in [6.45, 7) is 0. The van der Waals surface area contributed by atoms with Crippen molar-refractivity contribution >= 4 is 34.1 Å². The number of nitrogens with one attached hydrogen (secondary N) is 3. The van der Waals surface area contributed by atoms with Crippen LogP contribution in [0.2, 0.25) is 0 Å². The number of benzene rings is 2. The molecular formula is C21H19N7O. The number of H-pyrrole nitrogens is 1. The van der Waals surface area contributed by atoms with Gasteiger partial charge in [-0.25, -0.2) is 4.52 Å². The molecule has 0 radical (unpaired) electrons. The number of amides is 1. The summed E-state index contributed by atoms with van der Waals surface area (Å²) in [5, 5.41) is 18.5. The number of pyridine rings is 1. The van der Waals surface area contributed by atoms with Gasteiger partial charge in [-0.15, -0.1) is 5.10 Å². The Bertz CT molecular complexity index is 1340. The largest absolute Gasteiger partial charge is 0.355 e. The molecule has 5 aromatic rings. The van der Waals surface area contributed by atoms with Crippen LogP contribution < -0.4 is 10.6 Å². The molecule has 0 aliphatic heterocycles. The monoisotopic (exact) mass is 385 g/mol. The summed E-state index contributed by atoms with van der Waals surface area (Å²) in [6, 6.07) is 19.1. The fourth-order valence-corrected chi connectivity index (χ4v) is 3.26. The van der Waals surface area contributed by atoms with Crippen molar-refractivity contribution in [3.8, 4) is 11.3 Å². The maximum absolute atomic E-state index is 11.7. The Balaban J connectivity index is 0.00000218. The van der Waals surface area contributed by atoms with Gasteiger partial charge in [-0.1, -0.05) is 12.1 Å². The number of hydrogen-bond acceptors (Lipinski definition) is 5. The number of fused-ring (bicyclic) bond motifs is 2. The number of nitrogens with zero attached hydrogens (tertiary/aromatic N) is 4. The summed E-state index contributed by atoms with van der Waals surface area (Å²) in [6.07, 6.45) is 1.80. The van der Waals surface area contributed by atoms with E-state index in [1.165, 1.54) is 0 Å². The van der Waals surface area contributed by atoms with Crippen LogP contribution in [0.25, 0.3) is 27.8 Å². The topological polar surface area (TPSA) is 100 Å². The highest BCUT2D eigenvalue weighted by atomic mass is 16.1. The molecule has 0 saturated heterocycles. The van der Waals surface area contributed by atoms with Gasteiger partial charge in [-0.05, 0) is 48.5 Å². The minimum absolute atomic E-state index is 0. The molecule has 3 N–H and O–H groups in total. The SMILES string of the molecule is CNC(=O)c1ccc(Nc2nc3cccc(-c4ccc5[nH]ncc5c4)n3n2)cc1.[HH]. The van der Waals surface area contributed by atoms with Gasteiger partial charge in [0, 0.05) is 30.7 Å². The zero-order valence-electron chi connectivity index (χ0n) is 15.5. The van der Waals surface area contributed by atoms with E-state index in [-0.39, 0.29) is 7.33 Å². The van der Waals surface area contributed by atoms with Crippen molar-refractivity contribution in [2.45, 2.75) is 0 Å². The predicted molar refractivity (Wildman–Crippen MR) is 113 cm³/mol. The van der Waals surface area contributed by atoms with Crippen molar-refractivity contribution in [1.29, 1.82) is 0 Å². The van der Waals surface area contributed by atoms with Crippen LogP contribution in [0.1, 0.15) is 11.8 Å². The van der Waals surface area contributed by atoms with E-state index in [0.717, 1.165) is 33.5 Å². The molecule has 29 heavy (non-hydrogen) atoms. The van der Waals surface area contributed by atoms with Crippen molar-refractivity contribution < 1.29 is 6.22 Å². The molecule has 0 unspecified atom stereocenters. The molecule has 0 aliphatic rings. The molecule has 8 heteroatoms. The van der Waals surface area contributed by atoms with Gasteiger partial charge in [0.15, 0.2) is 5.65 Å². The number of hydrogen-bond donors (Lipinski definition) is 3. The summed E-state index contributed by atoms with van der Waals surface area (Å²) < 4.78 is 1.81. The van der Waals surface area contributed by atoms with E-state index in [1.54, 1.807) is 25.4 Å². The van der Waals surface area contributed by atoms with Gasteiger partial charge in [-0.3, -0.25) is 9.89 Å². The summed E-state index contributed by atoms with van der Waals surface area (Å²) in [5.41, 5.74) is 5.08. The molecule has 0 spiro atoms. The van der Waals surface area contributed by atoms with Crippen LogP contribution in [0, 0.1) is 0 Å². The molecule has 3 heterocycles. The zero-order chi connectivity index (χ0) is 19.8. The second-order valence-corrected chi connectivity index (χ2v) is 6.57. The molecule has 0 fully saturated rings. The minimum atomic E-state index is -0.123. The minimum Gasteiger partial charge on any atom is -0.355 e. The van der Waals surface area contributed by atoms with E-state index in [4.69, 9.17) is 0 Å². The van der Waals surface area contributed by atoms with Gasteiger partial charge in [-0.2, -0.15) is 10.1 Å². The van der Waals surface area contributed by atoms with E-state index in [1.807, 2.05) is 47.0 Å². The van der Waals surface area contributed by atoms with Gasteiger partial charge in [0.2, 0.25) is 5.95 Å². The molecule has 0 atom stereocenters. The normalized spacial score (nSPS) is 11.1. The number of carbonyl (C=O) groups is 1. The average Bonchev–Trinajstić information content (AvgIpc) is 3.39. The third-order valence-corrected chi connectivity index (χ3v) is 4.73. The summed E-state index contributed by atoms with van der Waals surface area (Å²) in [5.74, 6) is 0.358. The van der Waals surface area contributed by atoms with Gasteiger partial charge in [0.1, 0.15) is 0 Å². The Morgan fingerprint density at radius 3 is 2.79 bits per heavy atom. The van der Waals surface area contributed by atoms with Crippen LogP contribution >= 0.6 is 0 Å². The van der Waals surface area contributed by atoms with Crippen LogP contribution in [0.5, 0.6) is 0 Å². The molecule has 8 nitrogen and oxygen atoms in total. The van der Waals surface area contributed by atoms with Gasteiger partial charge in [0.25, 0.3) is 5.91 Å². The van der Waals surface area contributed by atoms with Crippen molar-refractivity contribution in [2.75, 3.05) is 12.4 Å². The lowest BCUT2D eigenvalue weighted by atomic mass is 10.1. The zero-order valence-corrected chi connectivity index (χ0v) is 15.5. The van der Waals surface area contributed by atoms with Gasteiger partial charge >= 0.3 is 0 Å². The first kappa shape index (κ1) is 16.9. The van der Waals surface area contributed by atoms with Crippen LogP contribution in [0.4, 0.5) is 11.6 Å². The molecular weight excluding hydrogens is 366 g/mol. The first-order chi connectivity index (χ1) is 14.2. The smallest absolute Gasteiger partial charge is 0.251 e. The van der Waals surface area contributed by atoms with Gasteiger partial charge in [0.05, 0.1) is 17.4 Å². The molecule has 1 amide bonds. The van der Waals surface area contributed by atoms with Crippen molar-refractivity contribution in [3.05, 3.63) is 72.4 Å². The number of aromatic nitrogens is 5. The van der Waals surface area contributed by atoms with Gasteiger partial charge < -0.3 is 10.6 Å². The lowest BCUT2D eigenvalue weighted by molar-refractivity contribution is 0.0963.